The molecule has 3 aromatic carbocycles. The normalized spacial score (nSPS) is 18.7. The number of pyridine rings is 1. The highest BCUT2D eigenvalue weighted by Crippen LogP contribution is 2.31. The molecule has 0 spiro atoms. The SMILES string of the molecule is Cc1cccc(N(Cc2cccc(OCCCCCCCCCNC[C@H](O)c3ccc(O)c4[nH]c(=O)ccc34)c2)C(=O)O[C@H]2CN3CCC2CC3)c1. The number of nitrogens with one attached hydrogen (secondary N) is 2. The van der Waals surface area contributed by atoms with Gasteiger partial charge in [0, 0.05) is 30.2 Å². The van der Waals surface area contributed by atoms with E-state index in [1.54, 1.807) is 17.0 Å². The van der Waals surface area contributed by atoms with Crippen LogP contribution < -0.4 is 20.5 Å². The van der Waals surface area contributed by atoms with Crippen LogP contribution in [0.15, 0.2) is 77.6 Å². The van der Waals surface area contributed by atoms with Crippen molar-refractivity contribution in [2.75, 3.05) is 44.2 Å². The van der Waals surface area contributed by atoms with E-state index < -0.39 is 6.10 Å². The Hall–Kier alpha value is -4.38. The summed E-state index contributed by atoms with van der Waals surface area (Å²) in [5.74, 6) is 1.26. The highest BCUT2D eigenvalue weighted by Gasteiger charge is 2.37. The van der Waals surface area contributed by atoms with E-state index in [2.05, 4.69) is 15.2 Å². The molecular weight excluding hydrogens is 656 g/mol. The number of unbranched alkanes of at least 4 members (excludes halogenated alkanes) is 6. The van der Waals surface area contributed by atoms with E-state index in [0.717, 1.165) is 87.3 Å². The molecule has 0 saturated carbocycles. The number of aryl methyl sites for hydroxylation is 1. The molecule has 7 rings (SSSR count). The molecule has 3 fully saturated rings. The Balaban J connectivity index is 0.863. The number of amides is 1. The number of hydrogen-bond donors (Lipinski definition) is 4. The van der Waals surface area contributed by atoms with Crippen molar-refractivity contribution in [1.29, 1.82) is 0 Å². The van der Waals surface area contributed by atoms with Gasteiger partial charge < -0.3 is 30.0 Å². The number of rotatable bonds is 18. The lowest BCUT2D eigenvalue weighted by Crippen LogP contribution is -2.53. The van der Waals surface area contributed by atoms with Crippen LogP contribution in [0.1, 0.15) is 80.6 Å². The molecule has 0 aliphatic carbocycles. The van der Waals surface area contributed by atoms with Gasteiger partial charge in [-0.3, -0.25) is 14.6 Å². The third kappa shape index (κ3) is 10.1. The highest BCUT2D eigenvalue weighted by molar-refractivity contribution is 5.88. The number of ether oxygens (including phenoxy) is 2. The van der Waals surface area contributed by atoms with Gasteiger partial charge in [-0.1, -0.05) is 62.4 Å². The smallest absolute Gasteiger partial charge is 0.414 e. The van der Waals surface area contributed by atoms with Crippen molar-refractivity contribution in [3.05, 3.63) is 99.8 Å². The Morgan fingerprint density at radius 3 is 2.50 bits per heavy atom. The summed E-state index contributed by atoms with van der Waals surface area (Å²) in [6.45, 7) is 7.38. The van der Waals surface area contributed by atoms with Crippen molar-refractivity contribution in [2.45, 2.75) is 83.5 Å². The van der Waals surface area contributed by atoms with E-state index in [0.29, 0.717) is 42.1 Å². The number of carbonyl (C=O) groups is 1. The van der Waals surface area contributed by atoms with Crippen LogP contribution >= 0.6 is 0 Å². The predicted octanol–water partition coefficient (Wildman–Crippen LogP) is 7.21. The Kier molecular flexibility index (Phi) is 13.2. The fourth-order valence-electron chi connectivity index (χ4n) is 7.53. The maximum Gasteiger partial charge on any atom is 0.414 e. The summed E-state index contributed by atoms with van der Waals surface area (Å²) >= 11 is 0. The number of benzene rings is 3. The minimum atomic E-state index is -0.740. The number of phenolic OH excluding ortho intramolecular Hbond substituents is 1. The van der Waals surface area contributed by atoms with Crippen molar-refractivity contribution >= 4 is 22.7 Å². The largest absolute Gasteiger partial charge is 0.506 e. The van der Waals surface area contributed by atoms with Crippen molar-refractivity contribution in [3.63, 3.8) is 0 Å². The molecule has 4 N–H and O–H groups in total. The molecule has 4 heterocycles. The highest BCUT2D eigenvalue weighted by atomic mass is 16.6. The van der Waals surface area contributed by atoms with Gasteiger partial charge in [0.2, 0.25) is 5.56 Å². The third-order valence-electron chi connectivity index (χ3n) is 10.5. The van der Waals surface area contributed by atoms with Crippen LogP contribution in [0.2, 0.25) is 0 Å². The van der Waals surface area contributed by atoms with Crippen LogP contribution in [-0.2, 0) is 11.3 Å². The summed E-state index contributed by atoms with van der Waals surface area (Å²) < 4.78 is 12.3. The van der Waals surface area contributed by atoms with Crippen LogP contribution in [0.3, 0.4) is 0 Å². The van der Waals surface area contributed by atoms with E-state index in [9.17, 15) is 19.8 Å². The number of piperidine rings is 3. The molecule has 278 valence electrons. The van der Waals surface area contributed by atoms with Gasteiger partial charge in [-0.15, -0.1) is 0 Å². The predicted molar refractivity (Wildman–Crippen MR) is 205 cm³/mol. The first-order valence-corrected chi connectivity index (χ1v) is 19.1. The Bertz CT molecular complexity index is 1820. The molecule has 4 aromatic rings. The molecule has 10 heteroatoms. The monoisotopic (exact) mass is 710 g/mol. The lowest BCUT2D eigenvalue weighted by Gasteiger charge is -2.44. The van der Waals surface area contributed by atoms with Gasteiger partial charge in [0.05, 0.1) is 24.8 Å². The van der Waals surface area contributed by atoms with Crippen molar-refractivity contribution in [2.24, 2.45) is 5.92 Å². The van der Waals surface area contributed by atoms with Crippen LogP contribution in [-0.4, -0.2) is 71.6 Å². The van der Waals surface area contributed by atoms with Gasteiger partial charge in [0.1, 0.15) is 17.6 Å². The zero-order chi connectivity index (χ0) is 36.3. The maximum absolute atomic E-state index is 13.6. The number of aromatic hydroxyl groups is 1. The van der Waals surface area contributed by atoms with Gasteiger partial charge in [-0.25, -0.2) is 4.79 Å². The number of phenols is 1. The van der Waals surface area contributed by atoms with Crippen molar-refractivity contribution in [1.82, 2.24) is 15.2 Å². The molecule has 3 aliphatic heterocycles. The molecule has 2 bridgehead atoms. The molecule has 3 aliphatic rings. The second kappa shape index (κ2) is 18.4. The van der Waals surface area contributed by atoms with Gasteiger partial charge in [-0.05, 0) is 111 Å². The molecule has 1 amide bonds. The number of anilines is 1. The zero-order valence-corrected chi connectivity index (χ0v) is 30.4. The van der Waals surface area contributed by atoms with Crippen LogP contribution in [0.5, 0.6) is 11.5 Å². The fraction of sp³-hybridized carbons (Fsp3) is 0.476. The number of aliphatic hydroxyl groups is 1. The lowest BCUT2D eigenvalue weighted by atomic mass is 9.86. The number of H-pyrrole nitrogens is 1. The van der Waals surface area contributed by atoms with E-state index in [1.807, 2.05) is 55.5 Å². The molecule has 3 saturated heterocycles. The molecule has 0 unspecified atom stereocenters. The first-order chi connectivity index (χ1) is 25.3. The number of hydrogen-bond acceptors (Lipinski definition) is 8. The molecular formula is C42H54N4O6. The van der Waals surface area contributed by atoms with E-state index in [4.69, 9.17) is 9.47 Å². The van der Waals surface area contributed by atoms with Gasteiger partial charge in [0.15, 0.2) is 0 Å². The van der Waals surface area contributed by atoms with Crippen LogP contribution in [0.4, 0.5) is 10.5 Å². The Morgan fingerprint density at radius 2 is 1.73 bits per heavy atom. The number of carbonyl (C=O) groups excluding carboxylic acids is 1. The maximum atomic E-state index is 13.6. The minimum absolute atomic E-state index is 0.00796. The Morgan fingerprint density at radius 1 is 0.962 bits per heavy atom. The topological polar surface area (TPSA) is 127 Å². The van der Waals surface area contributed by atoms with Gasteiger partial charge in [-0.2, -0.15) is 0 Å². The average molecular weight is 711 g/mol. The van der Waals surface area contributed by atoms with E-state index >= 15 is 0 Å². The van der Waals surface area contributed by atoms with Crippen molar-refractivity contribution < 1.29 is 24.5 Å². The first kappa shape index (κ1) is 37.4. The van der Waals surface area contributed by atoms with Crippen LogP contribution in [0.25, 0.3) is 10.9 Å². The quantitative estimate of drug-likeness (QED) is 0.0799. The summed E-state index contributed by atoms with van der Waals surface area (Å²) in [6, 6.07) is 22.3. The minimum Gasteiger partial charge on any atom is -0.506 e. The molecule has 10 nitrogen and oxygen atoms in total. The number of nitrogens with zero attached hydrogens (tertiary/aromatic N) is 2. The fourth-order valence-corrected chi connectivity index (χ4v) is 7.53. The van der Waals surface area contributed by atoms with E-state index in [-0.39, 0.29) is 23.5 Å². The van der Waals surface area contributed by atoms with Gasteiger partial charge >= 0.3 is 6.09 Å². The first-order valence-electron chi connectivity index (χ1n) is 19.1. The lowest BCUT2D eigenvalue weighted by molar-refractivity contribution is -0.0311. The van der Waals surface area contributed by atoms with E-state index in [1.165, 1.54) is 31.4 Å². The molecule has 2 atom stereocenters. The molecule has 0 radical (unpaired) electrons. The summed E-state index contributed by atoms with van der Waals surface area (Å²) in [6.07, 6.45) is 8.91. The average Bonchev–Trinajstić information content (AvgIpc) is 3.15. The standard InChI is InChI=1S/C42H54N4O6/c1-30-11-9-13-33(25-30)46(42(50)52-39-29-45-22-19-32(39)20-23-45)28-31-12-10-14-34(26-31)51-24-8-6-4-2-3-5-7-21-43-27-38(48)35-15-17-37(47)41-36(35)16-18-40(49)44-41/h9-18,25-26,32,38-39,43,47-48H,2-8,19-24,27-29H2,1H3,(H,44,49)/t38-,39-/m0/s1. The third-order valence-corrected chi connectivity index (χ3v) is 10.5. The van der Waals surface area contributed by atoms with Gasteiger partial charge in [0.25, 0.3) is 0 Å². The summed E-state index contributed by atoms with van der Waals surface area (Å²) in [4.78, 5) is 32.1. The van der Waals surface area contributed by atoms with Crippen LogP contribution in [0, 0.1) is 12.8 Å². The molecule has 52 heavy (non-hydrogen) atoms. The summed E-state index contributed by atoms with van der Waals surface area (Å²) in [5.41, 5.74) is 3.67. The molecule has 1 aromatic heterocycles. The van der Waals surface area contributed by atoms with Crippen molar-refractivity contribution in [3.8, 4) is 11.5 Å². The number of fused-ring (bicyclic) bond motifs is 4. The number of aliphatic hydroxyl groups excluding tert-OH is 1. The number of aromatic nitrogens is 1. The Labute approximate surface area is 306 Å². The zero-order valence-electron chi connectivity index (χ0n) is 30.4. The second-order valence-corrected chi connectivity index (χ2v) is 14.5. The second-order valence-electron chi connectivity index (χ2n) is 14.5. The number of aromatic amines is 1. The summed E-state index contributed by atoms with van der Waals surface area (Å²) in [7, 11) is 0. The summed E-state index contributed by atoms with van der Waals surface area (Å²) in [5, 5.41) is 24.8.